The zero-order valence-corrected chi connectivity index (χ0v) is 17.9. The van der Waals surface area contributed by atoms with Crippen LogP contribution in [0.15, 0.2) is 23.1 Å². The molecule has 30 heavy (non-hydrogen) atoms. The Bertz CT molecular complexity index is 1190. The normalized spacial score (nSPS) is 18.4. The minimum absolute atomic E-state index is 0.0345. The first-order valence-corrected chi connectivity index (χ1v) is 10.4. The molecule has 2 aliphatic rings. The van der Waals surface area contributed by atoms with E-state index in [1.807, 2.05) is 6.92 Å². The highest BCUT2D eigenvalue weighted by molar-refractivity contribution is 5.73. The van der Waals surface area contributed by atoms with Crippen LogP contribution in [0, 0.1) is 6.92 Å². The molecule has 8 nitrogen and oxygen atoms in total. The first-order valence-electron chi connectivity index (χ1n) is 10.4. The van der Waals surface area contributed by atoms with Crippen LogP contribution in [0.2, 0.25) is 0 Å². The molecule has 1 aromatic carbocycles. The van der Waals surface area contributed by atoms with Crippen molar-refractivity contribution in [1.29, 1.82) is 0 Å². The second-order valence-electron chi connectivity index (χ2n) is 8.92. The molecule has 0 saturated carbocycles. The number of ether oxygens (including phenoxy) is 2. The Morgan fingerprint density at radius 2 is 2.00 bits per heavy atom. The maximum Gasteiger partial charge on any atom is 0.330 e. The van der Waals surface area contributed by atoms with Crippen LogP contribution in [0.3, 0.4) is 0 Å². The van der Waals surface area contributed by atoms with Crippen LogP contribution in [0.25, 0.3) is 11.2 Å². The van der Waals surface area contributed by atoms with Crippen LogP contribution >= 0.6 is 0 Å². The largest absolute Gasteiger partial charge is 0.492 e. The van der Waals surface area contributed by atoms with Crippen molar-refractivity contribution >= 4 is 22.8 Å². The lowest BCUT2D eigenvalue weighted by Crippen LogP contribution is -2.30. The van der Waals surface area contributed by atoms with Gasteiger partial charge >= 0.3 is 5.69 Å². The summed E-state index contributed by atoms with van der Waals surface area (Å²) in [5, 5.41) is 3.36. The molecule has 0 spiro atoms. The topological polar surface area (TPSA) is 83.2 Å². The van der Waals surface area contributed by atoms with Crippen LogP contribution in [0.1, 0.15) is 43.9 Å². The van der Waals surface area contributed by atoms with Gasteiger partial charge in [-0.2, -0.15) is 4.98 Å². The van der Waals surface area contributed by atoms with E-state index in [1.165, 1.54) is 5.56 Å². The fourth-order valence-electron chi connectivity index (χ4n) is 4.39. The van der Waals surface area contributed by atoms with Gasteiger partial charge in [-0.15, -0.1) is 0 Å². The van der Waals surface area contributed by atoms with E-state index in [9.17, 15) is 4.79 Å². The third-order valence-electron chi connectivity index (χ3n) is 6.28. The van der Waals surface area contributed by atoms with Gasteiger partial charge in [-0.3, -0.25) is 9.13 Å². The summed E-state index contributed by atoms with van der Waals surface area (Å²) in [4.78, 5) is 22.1. The molecule has 0 bridgehead atoms. The first-order chi connectivity index (χ1) is 14.3. The van der Waals surface area contributed by atoms with Gasteiger partial charge in [-0.25, -0.2) is 9.78 Å². The lowest BCUT2D eigenvalue weighted by atomic mass is 9.86. The third-order valence-corrected chi connectivity index (χ3v) is 6.28. The Hall–Kier alpha value is -2.87. The minimum atomic E-state index is -0.0593. The maximum atomic E-state index is 12.9. The zero-order chi connectivity index (χ0) is 21.0. The van der Waals surface area contributed by atoms with E-state index in [0.717, 1.165) is 35.4 Å². The molecule has 5 rings (SSSR count). The third kappa shape index (κ3) is 2.98. The van der Waals surface area contributed by atoms with Crippen molar-refractivity contribution in [3.05, 3.63) is 39.9 Å². The van der Waals surface area contributed by atoms with Crippen LogP contribution in [-0.4, -0.2) is 38.9 Å². The van der Waals surface area contributed by atoms with Crippen LogP contribution in [-0.2, 0) is 17.2 Å². The summed E-state index contributed by atoms with van der Waals surface area (Å²) in [7, 11) is 1.77. The Balaban J connectivity index is 1.56. The number of nitrogens with zero attached hydrogens (tertiary/aromatic N) is 4. The smallest absolute Gasteiger partial charge is 0.330 e. The quantitative estimate of drug-likeness (QED) is 0.715. The number of rotatable bonds is 3. The van der Waals surface area contributed by atoms with Crippen LogP contribution < -0.4 is 15.7 Å². The Kier molecular flexibility index (Phi) is 4.36. The van der Waals surface area contributed by atoms with Gasteiger partial charge in [-0.1, -0.05) is 13.8 Å². The molecule has 1 N–H and O–H groups in total. The molecule has 4 heterocycles. The lowest BCUT2D eigenvalue weighted by Gasteiger charge is -2.23. The van der Waals surface area contributed by atoms with E-state index in [1.54, 1.807) is 22.4 Å². The number of imidazole rings is 1. The number of anilines is 2. The van der Waals surface area contributed by atoms with Gasteiger partial charge in [0.25, 0.3) is 0 Å². The molecular formula is C22H27N5O3. The van der Waals surface area contributed by atoms with Crippen molar-refractivity contribution in [2.75, 3.05) is 25.1 Å². The van der Waals surface area contributed by atoms with Crippen LogP contribution in [0.4, 0.5) is 11.6 Å². The number of nitrogens with one attached hydrogen (secondary N) is 1. The molecule has 0 atom stereocenters. The SMILES string of the molecule is Cc1cc2c(cc1Nc1ncc3c(n1)n(C1CCOCC1)c(=O)n3C)C(C)(C)CO2. The van der Waals surface area contributed by atoms with Crippen molar-refractivity contribution < 1.29 is 9.47 Å². The molecule has 8 heteroatoms. The molecule has 2 aromatic heterocycles. The minimum Gasteiger partial charge on any atom is -0.492 e. The summed E-state index contributed by atoms with van der Waals surface area (Å²) < 4.78 is 14.7. The maximum absolute atomic E-state index is 12.9. The highest BCUT2D eigenvalue weighted by Gasteiger charge is 2.32. The molecule has 0 radical (unpaired) electrons. The summed E-state index contributed by atoms with van der Waals surface area (Å²) in [5.74, 6) is 1.42. The molecule has 0 unspecified atom stereocenters. The Labute approximate surface area is 174 Å². The van der Waals surface area contributed by atoms with E-state index in [2.05, 4.69) is 36.3 Å². The van der Waals surface area contributed by atoms with E-state index in [0.29, 0.717) is 31.4 Å². The molecule has 1 fully saturated rings. The van der Waals surface area contributed by atoms with Crippen molar-refractivity contribution in [2.24, 2.45) is 7.05 Å². The average Bonchev–Trinajstić information content (AvgIpc) is 3.16. The van der Waals surface area contributed by atoms with Gasteiger partial charge in [0, 0.05) is 43.0 Å². The van der Waals surface area contributed by atoms with Crippen molar-refractivity contribution in [1.82, 2.24) is 19.1 Å². The molecular weight excluding hydrogens is 382 g/mol. The standard InChI is InChI=1S/C22H27N5O3/c1-13-9-18-15(22(2,3)12-30-18)10-16(13)24-20-23-11-17-19(25-20)27(21(28)26(17)4)14-5-7-29-8-6-14/h9-11,14H,5-8,12H2,1-4H3,(H,23,24,25). The predicted octanol–water partition coefficient (Wildman–Crippen LogP) is 3.20. The Morgan fingerprint density at radius 1 is 1.23 bits per heavy atom. The second-order valence-corrected chi connectivity index (χ2v) is 8.92. The molecule has 3 aromatic rings. The van der Waals surface area contributed by atoms with Gasteiger partial charge in [0.2, 0.25) is 5.95 Å². The molecule has 158 valence electrons. The summed E-state index contributed by atoms with van der Waals surface area (Å²) >= 11 is 0. The second kappa shape index (κ2) is 6.84. The van der Waals surface area contributed by atoms with Gasteiger partial charge in [0.05, 0.1) is 12.8 Å². The fraction of sp³-hybridized carbons (Fsp3) is 0.500. The fourth-order valence-corrected chi connectivity index (χ4v) is 4.39. The molecule has 2 aliphatic heterocycles. The van der Waals surface area contributed by atoms with Crippen LogP contribution in [0.5, 0.6) is 5.75 Å². The van der Waals surface area contributed by atoms with Crippen molar-refractivity contribution in [3.63, 3.8) is 0 Å². The summed E-state index contributed by atoms with van der Waals surface area (Å²) in [6, 6.07) is 4.28. The number of hydrogen-bond acceptors (Lipinski definition) is 6. The molecule has 0 aliphatic carbocycles. The first kappa shape index (κ1) is 19.1. The van der Waals surface area contributed by atoms with E-state index >= 15 is 0 Å². The van der Waals surface area contributed by atoms with Gasteiger partial charge in [-0.05, 0) is 37.5 Å². The van der Waals surface area contributed by atoms with Crippen molar-refractivity contribution in [3.8, 4) is 5.75 Å². The number of aryl methyl sites for hydroxylation is 2. The highest BCUT2D eigenvalue weighted by atomic mass is 16.5. The molecule has 0 amide bonds. The zero-order valence-electron chi connectivity index (χ0n) is 17.9. The number of benzene rings is 1. The van der Waals surface area contributed by atoms with Crippen molar-refractivity contribution in [2.45, 2.75) is 45.1 Å². The van der Waals surface area contributed by atoms with E-state index in [-0.39, 0.29) is 17.1 Å². The van der Waals surface area contributed by atoms with E-state index in [4.69, 9.17) is 14.5 Å². The monoisotopic (exact) mass is 409 g/mol. The van der Waals surface area contributed by atoms with Gasteiger partial charge < -0.3 is 14.8 Å². The summed E-state index contributed by atoms with van der Waals surface area (Å²) in [6.45, 7) is 8.39. The number of aromatic nitrogens is 4. The number of fused-ring (bicyclic) bond motifs is 2. The van der Waals surface area contributed by atoms with E-state index < -0.39 is 0 Å². The van der Waals surface area contributed by atoms with Gasteiger partial charge in [0.15, 0.2) is 5.65 Å². The Morgan fingerprint density at radius 3 is 2.77 bits per heavy atom. The van der Waals surface area contributed by atoms with Gasteiger partial charge in [0.1, 0.15) is 11.3 Å². The predicted molar refractivity (Wildman–Crippen MR) is 115 cm³/mol. The highest BCUT2D eigenvalue weighted by Crippen LogP contribution is 2.41. The lowest BCUT2D eigenvalue weighted by molar-refractivity contribution is 0.0695. The number of hydrogen-bond donors (Lipinski definition) is 1. The average molecular weight is 409 g/mol. The summed E-state index contributed by atoms with van der Waals surface area (Å²) in [5.41, 5.74) is 4.48. The molecule has 1 saturated heterocycles. The summed E-state index contributed by atoms with van der Waals surface area (Å²) in [6.07, 6.45) is 3.34.